The van der Waals surface area contributed by atoms with E-state index in [4.69, 9.17) is 4.98 Å². The van der Waals surface area contributed by atoms with Crippen molar-refractivity contribution in [1.29, 1.82) is 0 Å². The van der Waals surface area contributed by atoms with Crippen LogP contribution in [0.2, 0.25) is 0 Å². The van der Waals surface area contributed by atoms with Crippen LogP contribution in [-0.4, -0.2) is 14.1 Å². The van der Waals surface area contributed by atoms with Gasteiger partial charge in [0, 0.05) is 49.3 Å². The van der Waals surface area contributed by atoms with Crippen molar-refractivity contribution in [2.24, 2.45) is 0 Å². The number of benzene rings is 11. The van der Waals surface area contributed by atoms with E-state index >= 15 is 0 Å². The summed E-state index contributed by atoms with van der Waals surface area (Å²) in [4.78, 5) is 5.63. The van der Waals surface area contributed by atoms with Crippen molar-refractivity contribution in [3.05, 3.63) is 271 Å². The number of rotatable bonds is 4. The molecule has 3 heterocycles. The number of aromatic nitrogens is 3. The zero-order valence-corrected chi connectivity index (χ0v) is 38.5. The van der Waals surface area contributed by atoms with Crippen molar-refractivity contribution < 1.29 is 0 Å². The molecule has 0 atom stereocenters. The number of hydrogen-bond acceptors (Lipinski definition) is 1. The van der Waals surface area contributed by atoms with E-state index in [2.05, 4.69) is 258 Å². The lowest BCUT2D eigenvalue weighted by Gasteiger charge is -2.30. The van der Waals surface area contributed by atoms with E-state index in [1.807, 2.05) is 0 Å². The summed E-state index contributed by atoms with van der Waals surface area (Å²) < 4.78 is 4.89. The summed E-state index contributed by atoms with van der Waals surface area (Å²) in [5.74, 6) is 0. The smallest absolute Gasteiger partial charge is 0.0788 e. The topological polar surface area (TPSA) is 22.8 Å². The molecule has 0 fully saturated rings. The van der Waals surface area contributed by atoms with E-state index in [-0.39, 0.29) is 0 Å². The SMILES string of the molecule is c1cc(-c2cc(-n3c4ccccc4c4ccccc43)cc(-n3c4ccccc4c4ccccc43)c2)cc(-c2nc3ccccc3c3cc4c(cc23)C2(c3ccccc3-c3ccccc32)c2ccccc2-4)c1. The fourth-order valence-corrected chi connectivity index (χ4v) is 13.0. The molecule has 0 amide bonds. The molecule has 11 aromatic carbocycles. The fraction of sp³-hybridized carbons (Fsp3) is 0.0147. The van der Waals surface area contributed by atoms with Crippen molar-refractivity contribution in [1.82, 2.24) is 14.1 Å². The maximum absolute atomic E-state index is 5.63. The molecule has 0 radical (unpaired) electrons. The van der Waals surface area contributed by atoms with Crippen molar-refractivity contribution in [3.8, 4) is 56.0 Å². The summed E-state index contributed by atoms with van der Waals surface area (Å²) in [7, 11) is 0. The molecule has 16 rings (SSSR count). The van der Waals surface area contributed by atoms with Crippen LogP contribution < -0.4 is 0 Å². The van der Waals surface area contributed by atoms with Crippen LogP contribution in [-0.2, 0) is 5.41 Å². The molecule has 1 spiro atoms. The van der Waals surface area contributed by atoms with Crippen LogP contribution in [0, 0.1) is 0 Å². The highest BCUT2D eigenvalue weighted by molar-refractivity contribution is 6.15. The van der Waals surface area contributed by atoms with Crippen molar-refractivity contribution in [3.63, 3.8) is 0 Å². The summed E-state index contributed by atoms with van der Waals surface area (Å²) in [5, 5.41) is 8.48. The van der Waals surface area contributed by atoms with Crippen molar-refractivity contribution in [2.75, 3.05) is 0 Å². The third-order valence-electron chi connectivity index (χ3n) is 15.9. The Morgan fingerprint density at radius 1 is 0.268 bits per heavy atom. The first-order valence-electron chi connectivity index (χ1n) is 24.6. The van der Waals surface area contributed by atoms with Gasteiger partial charge in [-0.25, -0.2) is 4.98 Å². The number of fused-ring (bicyclic) bond motifs is 19. The Morgan fingerprint density at radius 3 is 1.24 bits per heavy atom. The molecule has 2 aliphatic carbocycles. The van der Waals surface area contributed by atoms with Gasteiger partial charge in [0.1, 0.15) is 0 Å². The summed E-state index contributed by atoms with van der Waals surface area (Å²) in [6.45, 7) is 0. The number of para-hydroxylation sites is 5. The number of hydrogen-bond donors (Lipinski definition) is 0. The molecule has 3 heteroatoms. The van der Waals surface area contributed by atoms with Gasteiger partial charge in [-0.1, -0.05) is 182 Å². The van der Waals surface area contributed by atoms with Gasteiger partial charge >= 0.3 is 0 Å². The summed E-state index contributed by atoms with van der Waals surface area (Å²) >= 11 is 0. The maximum Gasteiger partial charge on any atom is 0.0788 e. The van der Waals surface area contributed by atoms with E-state index in [0.29, 0.717) is 0 Å². The molecule has 0 saturated heterocycles. The molecule has 0 N–H and O–H groups in total. The van der Waals surface area contributed by atoms with Gasteiger partial charge < -0.3 is 9.13 Å². The highest BCUT2D eigenvalue weighted by atomic mass is 15.0. The van der Waals surface area contributed by atoms with Gasteiger partial charge in [0.05, 0.1) is 38.7 Å². The van der Waals surface area contributed by atoms with Crippen LogP contribution in [0.3, 0.4) is 0 Å². The second-order valence-electron chi connectivity index (χ2n) is 19.4. The molecule has 328 valence electrons. The Balaban J connectivity index is 0.963. The summed E-state index contributed by atoms with van der Waals surface area (Å²) in [6, 6.07) is 92.3. The van der Waals surface area contributed by atoms with Crippen molar-refractivity contribution >= 4 is 65.3 Å². The molecular formula is C68H41N3. The zero-order valence-electron chi connectivity index (χ0n) is 38.5. The predicted octanol–water partition coefficient (Wildman–Crippen LogP) is 17.3. The normalized spacial score (nSPS) is 13.2. The minimum atomic E-state index is -0.464. The Labute approximate surface area is 409 Å². The molecule has 0 saturated carbocycles. The monoisotopic (exact) mass is 899 g/mol. The fourth-order valence-electron chi connectivity index (χ4n) is 13.0. The van der Waals surface area contributed by atoms with Gasteiger partial charge in [0.15, 0.2) is 0 Å². The molecule has 14 aromatic rings. The first kappa shape index (κ1) is 38.6. The lowest BCUT2D eigenvalue weighted by molar-refractivity contribution is 0.795. The Morgan fingerprint density at radius 2 is 0.704 bits per heavy atom. The van der Waals surface area contributed by atoms with E-state index in [1.54, 1.807) is 0 Å². The van der Waals surface area contributed by atoms with E-state index < -0.39 is 5.41 Å². The van der Waals surface area contributed by atoms with Crippen molar-refractivity contribution in [2.45, 2.75) is 5.41 Å². The average Bonchev–Trinajstić information content (AvgIpc) is 4.15. The lowest BCUT2D eigenvalue weighted by atomic mass is 9.70. The third kappa shape index (κ3) is 5.19. The maximum atomic E-state index is 5.63. The first-order valence-corrected chi connectivity index (χ1v) is 24.6. The van der Waals surface area contributed by atoms with E-state index in [9.17, 15) is 0 Å². The van der Waals surface area contributed by atoms with Gasteiger partial charge in [0.25, 0.3) is 0 Å². The molecule has 3 nitrogen and oxygen atoms in total. The van der Waals surface area contributed by atoms with Gasteiger partial charge in [0.2, 0.25) is 0 Å². The van der Waals surface area contributed by atoms with Crippen LogP contribution in [0.5, 0.6) is 0 Å². The van der Waals surface area contributed by atoms with Gasteiger partial charge in [-0.05, 0) is 128 Å². The quantitative estimate of drug-likeness (QED) is 0.161. The molecular weight excluding hydrogens is 859 g/mol. The minimum absolute atomic E-state index is 0.464. The van der Waals surface area contributed by atoms with Gasteiger partial charge in [-0.3, -0.25) is 0 Å². The molecule has 0 unspecified atom stereocenters. The van der Waals surface area contributed by atoms with Gasteiger partial charge in [-0.15, -0.1) is 0 Å². The van der Waals surface area contributed by atoms with Gasteiger partial charge in [-0.2, -0.15) is 0 Å². The first-order chi connectivity index (χ1) is 35.2. The molecule has 2 aliphatic rings. The molecule has 0 bridgehead atoms. The predicted molar refractivity (Wildman–Crippen MR) is 295 cm³/mol. The Bertz CT molecular complexity index is 4320. The lowest BCUT2D eigenvalue weighted by Crippen LogP contribution is -2.25. The number of nitrogens with zero attached hydrogens (tertiary/aromatic N) is 3. The second-order valence-corrected chi connectivity index (χ2v) is 19.4. The van der Waals surface area contributed by atoms with Crippen LogP contribution >= 0.6 is 0 Å². The van der Waals surface area contributed by atoms with Crippen LogP contribution in [0.1, 0.15) is 22.3 Å². The van der Waals surface area contributed by atoms with Crippen LogP contribution in [0.25, 0.3) is 121 Å². The standard InChI is InChI=1S/C68H41N3/c1-9-28-58-47(20-1)48-21-2-10-29-59(48)68(58)60-30-11-3-22-49(60)56-40-55-50-23-4-12-31-62(50)69-67(57(55)41-61(56)68)43-19-17-18-42(36-43)44-37-45(70-63-32-13-5-24-51(63)52-25-6-14-33-64(52)70)39-46(38-44)71-65-34-15-7-26-53(65)54-27-8-16-35-66(54)71/h1-41H. The summed E-state index contributed by atoms with van der Waals surface area (Å²) in [5.41, 5.74) is 22.3. The summed E-state index contributed by atoms with van der Waals surface area (Å²) in [6.07, 6.45) is 0. The molecule has 71 heavy (non-hydrogen) atoms. The van der Waals surface area contributed by atoms with E-state index in [1.165, 1.54) is 93.5 Å². The molecule has 3 aromatic heterocycles. The Hall–Kier alpha value is -9.31. The second kappa shape index (κ2) is 14.4. The zero-order chi connectivity index (χ0) is 46.4. The third-order valence-corrected chi connectivity index (χ3v) is 15.9. The number of pyridine rings is 1. The Kier molecular flexibility index (Phi) is 7.82. The largest absolute Gasteiger partial charge is 0.309 e. The highest BCUT2D eigenvalue weighted by Crippen LogP contribution is 2.63. The van der Waals surface area contributed by atoms with E-state index in [0.717, 1.165) is 50.0 Å². The van der Waals surface area contributed by atoms with Crippen LogP contribution in [0.4, 0.5) is 0 Å². The highest BCUT2D eigenvalue weighted by Gasteiger charge is 2.51. The molecule has 0 aliphatic heterocycles. The van der Waals surface area contributed by atoms with Crippen LogP contribution in [0.15, 0.2) is 249 Å². The minimum Gasteiger partial charge on any atom is -0.309 e. The average molecular weight is 900 g/mol.